The number of nitrogens with two attached hydrogens (primary N) is 1. The first kappa shape index (κ1) is 22.2. The van der Waals surface area contributed by atoms with Crippen LogP contribution in [0.25, 0.3) is 11.2 Å². The maximum atomic E-state index is 11.4. The molecule has 4 rings (SSSR count). The minimum atomic E-state index is -0.294. The van der Waals surface area contributed by atoms with Crippen LogP contribution >= 0.6 is 11.6 Å². The molecule has 1 amide bonds. The van der Waals surface area contributed by atoms with Crippen LogP contribution in [0.4, 0.5) is 5.82 Å². The first-order valence-electron chi connectivity index (χ1n) is 10.6. The number of primary amides is 1. The molecule has 170 valence electrons. The Hall–Kier alpha value is -3.01. The van der Waals surface area contributed by atoms with Gasteiger partial charge in [0, 0.05) is 25.7 Å². The normalized spacial score (nSPS) is 16.6. The third kappa shape index (κ3) is 5.24. The van der Waals surface area contributed by atoms with Crippen molar-refractivity contribution in [2.75, 3.05) is 24.6 Å². The van der Waals surface area contributed by atoms with E-state index in [1.807, 2.05) is 0 Å². The van der Waals surface area contributed by atoms with Gasteiger partial charge in [-0.3, -0.25) is 9.78 Å². The van der Waals surface area contributed by atoms with E-state index in [2.05, 4.69) is 50.8 Å². The predicted molar refractivity (Wildman–Crippen MR) is 121 cm³/mol. The quantitative estimate of drug-likeness (QED) is 0.572. The van der Waals surface area contributed by atoms with Crippen LogP contribution in [-0.2, 0) is 11.3 Å². The Morgan fingerprint density at radius 3 is 2.84 bits per heavy atom. The van der Waals surface area contributed by atoms with Gasteiger partial charge in [0.2, 0.25) is 11.6 Å². The fourth-order valence-electron chi connectivity index (χ4n) is 3.60. The van der Waals surface area contributed by atoms with Gasteiger partial charge in [-0.25, -0.2) is 0 Å². The summed E-state index contributed by atoms with van der Waals surface area (Å²) in [6, 6.07) is 3.81. The minimum Gasteiger partial charge on any atom is -0.463 e. The van der Waals surface area contributed by atoms with Gasteiger partial charge in [-0.15, -0.1) is 10.2 Å². The van der Waals surface area contributed by atoms with E-state index in [0.29, 0.717) is 53.8 Å². The second-order valence-electron chi connectivity index (χ2n) is 9.28. The Labute approximate surface area is 191 Å². The van der Waals surface area contributed by atoms with E-state index in [-0.39, 0.29) is 23.3 Å². The van der Waals surface area contributed by atoms with Gasteiger partial charge < -0.3 is 15.4 Å². The molecule has 4 heterocycles. The Morgan fingerprint density at radius 2 is 2.12 bits per heavy atom. The Balaban J connectivity index is 1.68. The van der Waals surface area contributed by atoms with Crippen molar-refractivity contribution in [2.45, 2.75) is 40.2 Å². The number of hydrogen-bond acceptors (Lipinski definition) is 8. The van der Waals surface area contributed by atoms with E-state index < -0.39 is 0 Å². The van der Waals surface area contributed by atoms with E-state index in [4.69, 9.17) is 22.1 Å². The molecule has 32 heavy (non-hydrogen) atoms. The van der Waals surface area contributed by atoms with Crippen LogP contribution in [-0.4, -0.2) is 55.5 Å². The number of hydrogen-bond donors (Lipinski definition) is 1. The van der Waals surface area contributed by atoms with Crippen LogP contribution in [0, 0.1) is 11.3 Å². The molecule has 0 radical (unpaired) electrons. The first-order valence-corrected chi connectivity index (χ1v) is 10.9. The number of rotatable bonds is 7. The number of anilines is 1. The number of pyridine rings is 1. The highest BCUT2D eigenvalue weighted by Crippen LogP contribution is 2.30. The highest BCUT2D eigenvalue weighted by molar-refractivity contribution is 6.31. The largest absolute Gasteiger partial charge is 0.463 e. The van der Waals surface area contributed by atoms with Gasteiger partial charge >= 0.3 is 6.01 Å². The summed E-state index contributed by atoms with van der Waals surface area (Å²) in [7, 11) is 0. The van der Waals surface area contributed by atoms with Crippen LogP contribution in [0.3, 0.4) is 0 Å². The zero-order valence-corrected chi connectivity index (χ0v) is 19.2. The monoisotopic (exact) mass is 458 g/mol. The first-order chi connectivity index (χ1) is 15.2. The number of carbonyl (C=O) groups is 1. The van der Waals surface area contributed by atoms with Gasteiger partial charge in [-0.05, 0) is 29.9 Å². The van der Waals surface area contributed by atoms with Gasteiger partial charge in [0.05, 0.1) is 17.3 Å². The average molecular weight is 459 g/mol. The molecule has 0 aliphatic carbocycles. The smallest absolute Gasteiger partial charge is 0.320 e. The van der Waals surface area contributed by atoms with Gasteiger partial charge in [-0.2, -0.15) is 14.8 Å². The number of halogens is 1. The van der Waals surface area contributed by atoms with Gasteiger partial charge in [0.15, 0.2) is 11.3 Å². The lowest BCUT2D eigenvalue weighted by Gasteiger charge is -2.20. The van der Waals surface area contributed by atoms with Crippen molar-refractivity contribution >= 4 is 34.5 Å². The van der Waals surface area contributed by atoms with Crippen LogP contribution in [0.2, 0.25) is 5.02 Å². The fraction of sp³-hybridized carbons (Fsp3) is 0.524. The van der Waals surface area contributed by atoms with Crippen LogP contribution in [0.5, 0.6) is 6.01 Å². The summed E-state index contributed by atoms with van der Waals surface area (Å²) in [5.74, 6) is 0.528. The average Bonchev–Trinajstić information content (AvgIpc) is 3.33. The maximum absolute atomic E-state index is 11.4. The fourth-order valence-corrected chi connectivity index (χ4v) is 3.78. The molecule has 1 fully saturated rings. The van der Waals surface area contributed by atoms with Crippen LogP contribution < -0.4 is 15.4 Å². The molecular formula is C21H27ClN8O2. The van der Waals surface area contributed by atoms with Gasteiger partial charge in [-0.1, -0.05) is 32.4 Å². The molecule has 1 atom stereocenters. The lowest BCUT2D eigenvalue weighted by molar-refractivity contribution is -0.118. The second-order valence-corrected chi connectivity index (χ2v) is 9.69. The molecule has 0 aromatic carbocycles. The van der Waals surface area contributed by atoms with Crippen LogP contribution in [0.15, 0.2) is 18.3 Å². The minimum absolute atomic E-state index is 0.0496. The van der Waals surface area contributed by atoms with E-state index >= 15 is 0 Å². The number of nitrogens with zero attached hydrogens (tertiary/aromatic N) is 7. The highest BCUT2D eigenvalue weighted by atomic mass is 35.5. The second kappa shape index (κ2) is 8.85. The summed E-state index contributed by atoms with van der Waals surface area (Å²) < 4.78 is 5.88. The molecule has 3 aromatic heterocycles. The zero-order valence-electron chi connectivity index (χ0n) is 18.5. The number of fused-ring (bicyclic) bond motifs is 1. The van der Waals surface area contributed by atoms with E-state index in [1.165, 1.54) is 4.80 Å². The third-order valence-electron chi connectivity index (χ3n) is 5.09. The topological polar surface area (TPSA) is 125 Å². The standard InChI is InChI=1S/C21H27ClN8O2/c1-21(2,3)12-32-20-25-18-17(19(26-20)29-8-6-13(10-29)9-16(23)31)27-30(28-18)11-15-14(22)5-4-7-24-15/h4-5,7,13H,6,8-12H2,1-3H3,(H2,23,31)/t13-/m0/s1. The van der Waals surface area contributed by atoms with Crippen molar-refractivity contribution in [3.05, 3.63) is 29.0 Å². The predicted octanol–water partition coefficient (Wildman–Crippen LogP) is 2.44. The number of aromatic nitrogens is 6. The van der Waals surface area contributed by atoms with Crippen molar-refractivity contribution in [2.24, 2.45) is 17.1 Å². The van der Waals surface area contributed by atoms with E-state index in [9.17, 15) is 4.79 Å². The molecule has 0 saturated carbocycles. The van der Waals surface area contributed by atoms with Crippen molar-refractivity contribution in [1.29, 1.82) is 0 Å². The molecule has 0 bridgehead atoms. The molecule has 1 aliphatic rings. The summed E-state index contributed by atoms with van der Waals surface area (Å²) in [6.07, 6.45) is 2.88. The summed E-state index contributed by atoms with van der Waals surface area (Å²) in [5, 5.41) is 9.70. The molecule has 0 unspecified atom stereocenters. The van der Waals surface area contributed by atoms with Crippen molar-refractivity contribution in [1.82, 2.24) is 29.9 Å². The third-order valence-corrected chi connectivity index (χ3v) is 5.43. The summed E-state index contributed by atoms with van der Waals surface area (Å²) in [5.41, 5.74) is 7.01. The number of amides is 1. The summed E-state index contributed by atoms with van der Waals surface area (Å²) in [4.78, 5) is 28.4. The van der Waals surface area contributed by atoms with Crippen LogP contribution in [0.1, 0.15) is 39.3 Å². The highest BCUT2D eigenvalue weighted by Gasteiger charge is 2.28. The summed E-state index contributed by atoms with van der Waals surface area (Å²) in [6.45, 7) is 8.39. The Morgan fingerprint density at radius 1 is 1.31 bits per heavy atom. The lowest BCUT2D eigenvalue weighted by atomic mass is 9.99. The lowest BCUT2D eigenvalue weighted by Crippen LogP contribution is -2.24. The van der Waals surface area contributed by atoms with Gasteiger partial charge in [0.1, 0.15) is 6.54 Å². The SMILES string of the molecule is CC(C)(C)COc1nc(N2CC[C@@H](CC(N)=O)C2)c2nn(Cc3ncccc3Cl)nc2n1. The Bertz CT molecular complexity index is 1130. The molecule has 3 aromatic rings. The van der Waals surface area contributed by atoms with Crippen molar-refractivity contribution in [3.63, 3.8) is 0 Å². The molecule has 1 aliphatic heterocycles. The molecule has 0 spiro atoms. The van der Waals surface area contributed by atoms with E-state index in [1.54, 1.807) is 18.3 Å². The molecule has 11 heteroatoms. The van der Waals surface area contributed by atoms with E-state index in [0.717, 1.165) is 13.0 Å². The molecule has 2 N–H and O–H groups in total. The molecule has 10 nitrogen and oxygen atoms in total. The molecular weight excluding hydrogens is 432 g/mol. The summed E-state index contributed by atoms with van der Waals surface area (Å²) >= 11 is 6.25. The Kier molecular flexibility index (Phi) is 6.14. The number of ether oxygens (including phenoxy) is 1. The van der Waals surface area contributed by atoms with Gasteiger partial charge in [0.25, 0.3) is 0 Å². The number of carbonyl (C=O) groups excluding carboxylic acids is 1. The van der Waals surface area contributed by atoms with Crippen molar-refractivity contribution < 1.29 is 9.53 Å². The van der Waals surface area contributed by atoms with Crippen molar-refractivity contribution in [3.8, 4) is 6.01 Å². The maximum Gasteiger partial charge on any atom is 0.320 e. The zero-order chi connectivity index (χ0) is 22.9. The molecule has 1 saturated heterocycles.